The summed E-state index contributed by atoms with van der Waals surface area (Å²) in [6.45, 7) is 24.5. The largest absolute Gasteiger partial charge is 0.480 e. The van der Waals surface area contributed by atoms with Crippen molar-refractivity contribution in [1.82, 2.24) is 5.32 Å². The third-order valence-electron chi connectivity index (χ3n) is 15.6. The summed E-state index contributed by atoms with van der Waals surface area (Å²) >= 11 is 0. The van der Waals surface area contributed by atoms with Crippen LogP contribution in [0.15, 0.2) is 12.2 Å². The van der Waals surface area contributed by atoms with Gasteiger partial charge in [0.15, 0.2) is 0 Å². The number of aliphatic hydroxyl groups excluding tert-OH is 1. The number of nitrogens with one attached hydrogen (secondary N) is 1. The van der Waals surface area contributed by atoms with Gasteiger partial charge in [-0.1, -0.05) is 68.4 Å². The molecule has 0 aromatic carbocycles. The minimum atomic E-state index is -0.933. The molecular formula is C40H67NO5. The number of carbonyl (C=O) groups excluding carboxylic acids is 1. The van der Waals surface area contributed by atoms with E-state index in [0.717, 1.165) is 76.4 Å². The highest BCUT2D eigenvalue weighted by Crippen LogP contribution is 2.77. The Labute approximate surface area is 280 Å². The maximum absolute atomic E-state index is 14.6. The van der Waals surface area contributed by atoms with E-state index < -0.39 is 17.4 Å². The van der Waals surface area contributed by atoms with Gasteiger partial charge in [0.25, 0.3) is 0 Å². The molecule has 0 aromatic rings. The number of aliphatic hydroxyl groups is 1. The van der Waals surface area contributed by atoms with E-state index in [2.05, 4.69) is 53.4 Å². The first-order valence-electron chi connectivity index (χ1n) is 19.0. The van der Waals surface area contributed by atoms with E-state index in [4.69, 9.17) is 4.74 Å². The molecule has 5 saturated carbocycles. The second-order valence-corrected chi connectivity index (χ2v) is 18.4. The number of unbranched alkanes of at least 4 members (excludes halogenated alkanes) is 1. The van der Waals surface area contributed by atoms with Gasteiger partial charge in [0.1, 0.15) is 6.04 Å². The number of ether oxygens (including phenoxy) is 1. The minimum absolute atomic E-state index is 0.0271. The van der Waals surface area contributed by atoms with Gasteiger partial charge in [0.05, 0.1) is 18.1 Å². The fourth-order valence-corrected chi connectivity index (χ4v) is 13.0. The summed E-state index contributed by atoms with van der Waals surface area (Å²) in [4.78, 5) is 26.9. The molecule has 0 bridgehead atoms. The molecule has 5 fully saturated rings. The van der Waals surface area contributed by atoms with Crippen LogP contribution < -0.4 is 5.32 Å². The summed E-state index contributed by atoms with van der Waals surface area (Å²) in [7, 11) is 0. The molecule has 0 aromatic heterocycles. The van der Waals surface area contributed by atoms with Crippen molar-refractivity contribution in [3.8, 4) is 0 Å². The van der Waals surface area contributed by atoms with E-state index in [1.807, 2.05) is 13.8 Å². The predicted molar refractivity (Wildman–Crippen MR) is 184 cm³/mol. The number of fused-ring (bicyclic) bond motifs is 7. The first-order chi connectivity index (χ1) is 21.5. The number of hydrogen-bond acceptors (Lipinski definition) is 4. The highest BCUT2D eigenvalue weighted by molar-refractivity contribution is 5.88. The lowest BCUT2D eigenvalue weighted by atomic mass is 9.32. The Kier molecular flexibility index (Phi) is 9.99. The lowest BCUT2D eigenvalue weighted by molar-refractivity contribution is -0.246. The van der Waals surface area contributed by atoms with Crippen molar-refractivity contribution < 1.29 is 24.5 Å². The van der Waals surface area contributed by atoms with Crippen molar-refractivity contribution in [1.29, 1.82) is 0 Å². The highest BCUT2D eigenvalue weighted by atomic mass is 16.5. The van der Waals surface area contributed by atoms with Crippen molar-refractivity contribution in [2.24, 2.45) is 62.6 Å². The van der Waals surface area contributed by atoms with Crippen LogP contribution in [-0.4, -0.2) is 47.4 Å². The first-order valence-corrected chi connectivity index (χ1v) is 19.0. The molecule has 5 rings (SSSR count). The average Bonchev–Trinajstić information content (AvgIpc) is 3.38. The fourth-order valence-electron chi connectivity index (χ4n) is 13.0. The molecule has 5 aliphatic rings. The van der Waals surface area contributed by atoms with Crippen LogP contribution in [0.3, 0.4) is 0 Å². The van der Waals surface area contributed by atoms with Crippen LogP contribution in [0.5, 0.6) is 0 Å². The summed E-state index contributed by atoms with van der Waals surface area (Å²) in [5, 5.41) is 24.3. The maximum Gasteiger partial charge on any atom is 0.326 e. The summed E-state index contributed by atoms with van der Waals surface area (Å²) in [5.74, 6) is 1.07. The Morgan fingerprint density at radius 1 is 0.913 bits per heavy atom. The number of rotatable bonds is 11. The number of amides is 1. The van der Waals surface area contributed by atoms with Gasteiger partial charge in [-0.2, -0.15) is 0 Å². The molecule has 3 N–H and O–H groups in total. The zero-order chi connectivity index (χ0) is 33.9. The number of carboxylic acids is 1. The van der Waals surface area contributed by atoms with E-state index in [1.165, 1.54) is 12.8 Å². The molecule has 0 radical (unpaired) electrons. The molecule has 11 atom stereocenters. The van der Waals surface area contributed by atoms with Crippen LogP contribution in [0.4, 0.5) is 0 Å². The number of aliphatic carboxylic acids is 1. The Balaban J connectivity index is 1.50. The maximum atomic E-state index is 14.6. The quantitative estimate of drug-likeness (QED) is 0.156. The van der Waals surface area contributed by atoms with Crippen LogP contribution in [0.2, 0.25) is 0 Å². The Hall–Kier alpha value is -1.40. The van der Waals surface area contributed by atoms with Crippen LogP contribution in [0.25, 0.3) is 0 Å². The summed E-state index contributed by atoms with van der Waals surface area (Å²) < 4.78 is 6.13. The second kappa shape index (κ2) is 12.8. The smallest absolute Gasteiger partial charge is 0.326 e. The van der Waals surface area contributed by atoms with Crippen LogP contribution in [0.1, 0.15) is 139 Å². The third kappa shape index (κ3) is 5.52. The van der Waals surface area contributed by atoms with E-state index in [0.29, 0.717) is 30.8 Å². The molecule has 0 aliphatic heterocycles. The van der Waals surface area contributed by atoms with Crippen molar-refractivity contribution in [3.05, 3.63) is 12.2 Å². The third-order valence-corrected chi connectivity index (χ3v) is 15.6. The van der Waals surface area contributed by atoms with E-state index in [1.54, 1.807) is 0 Å². The van der Waals surface area contributed by atoms with Gasteiger partial charge in [0.2, 0.25) is 5.91 Å². The van der Waals surface area contributed by atoms with Crippen LogP contribution >= 0.6 is 0 Å². The van der Waals surface area contributed by atoms with E-state index in [9.17, 15) is 19.8 Å². The topological polar surface area (TPSA) is 95.9 Å². The van der Waals surface area contributed by atoms with Gasteiger partial charge in [0, 0.05) is 6.61 Å². The van der Waals surface area contributed by atoms with Gasteiger partial charge < -0.3 is 20.3 Å². The van der Waals surface area contributed by atoms with Gasteiger partial charge in [-0.3, -0.25) is 4.79 Å². The van der Waals surface area contributed by atoms with Gasteiger partial charge in [-0.05, 0) is 140 Å². The second-order valence-electron chi connectivity index (χ2n) is 18.4. The van der Waals surface area contributed by atoms with Crippen LogP contribution in [-0.2, 0) is 14.3 Å². The van der Waals surface area contributed by atoms with Crippen molar-refractivity contribution >= 4 is 11.9 Å². The molecule has 1 unspecified atom stereocenters. The normalized spacial score (nSPS) is 43.5. The number of carboxylic acid groups (broad SMARTS) is 1. The zero-order valence-electron chi connectivity index (χ0n) is 30.6. The lowest BCUT2D eigenvalue weighted by Crippen LogP contribution is -2.67. The molecule has 0 heterocycles. The predicted octanol–water partition coefficient (Wildman–Crippen LogP) is 8.42. The Bertz CT molecular complexity index is 1160. The Morgan fingerprint density at radius 3 is 2.28 bits per heavy atom. The van der Waals surface area contributed by atoms with Gasteiger partial charge in [-0.25, -0.2) is 4.79 Å². The molecule has 6 nitrogen and oxygen atoms in total. The molecule has 0 spiro atoms. The van der Waals surface area contributed by atoms with Gasteiger partial charge >= 0.3 is 5.97 Å². The molecule has 46 heavy (non-hydrogen) atoms. The SMILES string of the molecule is C=C(COCCCC)[C@@H]1CC[C@]2(C(=O)NC(CC(C)C)C(=O)O)CC[C@]3(C)[C@H](CC[C@@H]4[C@@]5(C)CC[C@H](O)C(C)(C)[C@@H]5CC[C@]43C)[C@@H]12. The molecule has 0 saturated heterocycles. The van der Waals surface area contributed by atoms with Crippen molar-refractivity contribution in [2.45, 2.75) is 151 Å². The lowest BCUT2D eigenvalue weighted by Gasteiger charge is -2.72. The highest BCUT2D eigenvalue weighted by Gasteiger charge is 2.72. The summed E-state index contributed by atoms with van der Waals surface area (Å²) in [5.41, 5.74) is 0.918. The summed E-state index contributed by atoms with van der Waals surface area (Å²) in [6, 6.07) is -0.857. The monoisotopic (exact) mass is 642 g/mol. The van der Waals surface area contributed by atoms with Crippen molar-refractivity contribution in [3.63, 3.8) is 0 Å². The van der Waals surface area contributed by atoms with Crippen molar-refractivity contribution in [2.75, 3.05) is 13.2 Å². The van der Waals surface area contributed by atoms with E-state index in [-0.39, 0.29) is 51.4 Å². The number of hydrogen-bond donors (Lipinski definition) is 3. The molecular weight excluding hydrogens is 574 g/mol. The van der Waals surface area contributed by atoms with Gasteiger partial charge in [-0.15, -0.1) is 0 Å². The fraction of sp³-hybridized carbons (Fsp3) is 0.900. The number of carbonyl (C=O) groups is 2. The molecule has 5 aliphatic carbocycles. The zero-order valence-corrected chi connectivity index (χ0v) is 30.6. The minimum Gasteiger partial charge on any atom is -0.480 e. The standard InChI is InChI=1S/C40H67NO5/c1-10-11-22-46-24-26(4)27-14-19-40(35(45)41-29(34(43)44)23-25(2)3)21-20-38(8)28(33(27)40)12-13-31-37(7)17-16-32(42)36(5,6)30(37)15-18-39(31,38)9/h25,27-33,42H,4,10-24H2,1-3,5-9H3,(H,41,45)(H,43,44)/t27-,28+,29?,30-,31+,32-,33+,37-,38+,39+,40-/m0/s1. The molecule has 6 heteroatoms. The first kappa shape index (κ1) is 35.9. The molecule has 1 amide bonds. The van der Waals surface area contributed by atoms with Crippen LogP contribution in [0, 0.1) is 62.6 Å². The molecule has 262 valence electrons. The van der Waals surface area contributed by atoms with E-state index >= 15 is 0 Å². The summed E-state index contributed by atoms with van der Waals surface area (Å²) in [6.07, 6.45) is 12.5. The average molecular weight is 642 g/mol. The Morgan fingerprint density at radius 2 is 1.63 bits per heavy atom.